The van der Waals surface area contributed by atoms with Crippen LogP contribution in [0.25, 0.3) is 0 Å². The summed E-state index contributed by atoms with van der Waals surface area (Å²) in [5, 5.41) is 72.4. The molecule has 14 heteroatoms. The van der Waals surface area contributed by atoms with Gasteiger partial charge in [0.1, 0.15) is 54.9 Å². The zero-order valence-electron chi connectivity index (χ0n) is 47.4. The van der Waals surface area contributed by atoms with Crippen LogP contribution in [0.15, 0.2) is 97.2 Å². The van der Waals surface area contributed by atoms with Crippen LogP contribution in [-0.4, -0.2) is 142 Å². The third-order valence-corrected chi connectivity index (χ3v) is 13.6. The van der Waals surface area contributed by atoms with Gasteiger partial charge in [0.05, 0.1) is 26.4 Å². The predicted molar refractivity (Wildman–Crippen MR) is 307 cm³/mol. The second-order valence-corrected chi connectivity index (χ2v) is 20.4. The van der Waals surface area contributed by atoms with Crippen LogP contribution in [0, 0.1) is 0 Å². The standard InChI is InChI=1S/C63H106O14/c1-3-5-7-9-11-13-15-17-19-21-23-25-26-27-28-30-32-34-36-38-40-42-44-46-55(65)75-52(49-72-47-45-43-41-39-37-35-33-31-29-24-22-20-18-16-14-12-10-8-6-4-2)50-73-62-61(71)59(69)57(67)54(77-62)51-74-63-60(70)58(68)56(66)53(48-64)76-63/h5,7,11,13,17-20,23,25,27-28,32,34,38,40,52-54,56-64,66-71H,3-4,6,8-10,12,14-16,21-22,24,26,29-31,33,35-37,39,41-51H2,1-2H3/b7-5-,13-11-,19-17-,20-18-,25-23-,28-27-,34-32-,40-38-. The first kappa shape index (κ1) is 70.0. The Morgan fingerprint density at radius 2 is 0.844 bits per heavy atom. The van der Waals surface area contributed by atoms with Gasteiger partial charge in [-0.15, -0.1) is 0 Å². The normalized spacial score (nSPS) is 25.0. The Balaban J connectivity index is 1.75. The highest BCUT2D eigenvalue weighted by Gasteiger charge is 2.47. The number of esters is 1. The van der Waals surface area contributed by atoms with E-state index in [9.17, 15) is 40.5 Å². The maximum Gasteiger partial charge on any atom is 0.306 e. The van der Waals surface area contributed by atoms with Crippen molar-refractivity contribution in [1.82, 2.24) is 0 Å². The quantitative estimate of drug-likeness (QED) is 0.0172. The Kier molecular flexibility index (Phi) is 44.4. The molecule has 2 aliphatic heterocycles. The van der Waals surface area contributed by atoms with E-state index in [0.29, 0.717) is 19.4 Å². The van der Waals surface area contributed by atoms with Gasteiger partial charge in [-0.3, -0.25) is 4.79 Å². The molecule has 14 nitrogen and oxygen atoms in total. The zero-order chi connectivity index (χ0) is 55.8. The fraction of sp³-hybridized carbons (Fsp3) is 0.730. The third kappa shape index (κ3) is 35.3. The molecule has 0 aromatic heterocycles. The lowest BCUT2D eigenvalue weighted by Crippen LogP contribution is -2.61. The molecule has 0 amide bonds. The summed E-state index contributed by atoms with van der Waals surface area (Å²) in [6.45, 7) is 3.49. The van der Waals surface area contributed by atoms with E-state index in [4.69, 9.17) is 28.4 Å². The number of hydrogen-bond acceptors (Lipinski definition) is 14. The number of aliphatic hydroxyl groups excluding tert-OH is 7. The molecule has 0 bridgehead atoms. The Bertz CT molecular complexity index is 1640. The van der Waals surface area contributed by atoms with Gasteiger partial charge in [0.25, 0.3) is 0 Å². The van der Waals surface area contributed by atoms with Crippen molar-refractivity contribution in [3.8, 4) is 0 Å². The maximum absolute atomic E-state index is 13.1. The molecule has 77 heavy (non-hydrogen) atoms. The molecule has 0 spiro atoms. The van der Waals surface area contributed by atoms with E-state index in [1.807, 2.05) is 0 Å². The molecule has 0 aliphatic carbocycles. The van der Waals surface area contributed by atoms with Crippen LogP contribution in [0.2, 0.25) is 0 Å². The molecule has 0 radical (unpaired) electrons. The van der Waals surface area contributed by atoms with Crippen molar-refractivity contribution in [2.24, 2.45) is 0 Å². The average molecular weight is 1090 g/mol. The second kappa shape index (κ2) is 48.8. The van der Waals surface area contributed by atoms with Gasteiger partial charge in [0.15, 0.2) is 12.6 Å². The second-order valence-electron chi connectivity index (χ2n) is 20.4. The lowest BCUT2D eigenvalue weighted by molar-refractivity contribution is -0.332. The van der Waals surface area contributed by atoms with Crippen LogP contribution in [0.3, 0.4) is 0 Å². The van der Waals surface area contributed by atoms with E-state index < -0.39 is 86.7 Å². The number of aliphatic hydroxyl groups is 7. The van der Waals surface area contributed by atoms with Crippen molar-refractivity contribution in [1.29, 1.82) is 0 Å². The number of hydrogen-bond donors (Lipinski definition) is 7. The number of carbonyl (C=O) groups excluding carboxylic acids is 1. The number of carbonyl (C=O) groups is 1. The molecule has 2 fully saturated rings. The SMILES string of the molecule is CC/C=C\C/C=C\C/C=C\C/C=C\C/C=C\C/C=C\C/C=C\CCCC(=O)OC(COCCCCCCCCCCCC/C=C\CCCCCCCC)COC1OC(COC2OC(CO)C(O)C(O)C2O)C(O)C(O)C1O. The molecule has 0 saturated carbocycles. The lowest BCUT2D eigenvalue weighted by Gasteiger charge is -2.42. The molecule has 11 unspecified atom stereocenters. The molecule has 2 heterocycles. The summed E-state index contributed by atoms with van der Waals surface area (Å²) < 4.78 is 34.3. The van der Waals surface area contributed by atoms with Gasteiger partial charge < -0.3 is 64.2 Å². The predicted octanol–water partition coefficient (Wildman–Crippen LogP) is 11.0. The monoisotopic (exact) mass is 1090 g/mol. The van der Waals surface area contributed by atoms with Gasteiger partial charge in [0, 0.05) is 13.0 Å². The van der Waals surface area contributed by atoms with Crippen LogP contribution >= 0.6 is 0 Å². The summed E-state index contributed by atoms with van der Waals surface area (Å²) in [7, 11) is 0. The van der Waals surface area contributed by atoms with Crippen LogP contribution < -0.4 is 0 Å². The lowest BCUT2D eigenvalue weighted by atomic mass is 9.98. The van der Waals surface area contributed by atoms with Crippen LogP contribution in [0.5, 0.6) is 0 Å². The topological polar surface area (TPSA) is 214 Å². The Morgan fingerprint density at radius 3 is 1.34 bits per heavy atom. The minimum Gasteiger partial charge on any atom is -0.457 e. The van der Waals surface area contributed by atoms with E-state index in [-0.39, 0.29) is 19.6 Å². The first-order chi connectivity index (χ1) is 37.6. The minimum absolute atomic E-state index is 0.0319. The molecule has 2 aliphatic rings. The van der Waals surface area contributed by atoms with Crippen molar-refractivity contribution >= 4 is 5.97 Å². The number of allylic oxidation sites excluding steroid dienone is 16. The molecule has 2 saturated heterocycles. The minimum atomic E-state index is -1.72. The molecular weight excluding hydrogens is 981 g/mol. The molecule has 7 N–H and O–H groups in total. The van der Waals surface area contributed by atoms with E-state index in [2.05, 4.69) is 111 Å². The third-order valence-electron chi connectivity index (χ3n) is 13.6. The van der Waals surface area contributed by atoms with Crippen molar-refractivity contribution in [2.75, 3.05) is 33.0 Å². The Morgan fingerprint density at radius 1 is 0.442 bits per heavy atom. The van der Waals surface area contributed by atoms with Gasteiger partial charge in [-0.1, -0.05) is 195 Å². The number of unbranched alkanes of at least 4 members (excludes halogenated alkanes) is 17. The summed E-state index contributed by atoms with van der Waals surface area (Å²) in [4.78, 5) is 13.1. The molecule has 0 aromatic carbocycles. The highest BCUT2D eigenvalue weighted by atomic mass is 16.7. The number of ether oxygens (including phenoxy) is 6. The van der Waals surface area contributed by atoms with E-state index >= 15 is 0 Å². The van der Waals surface area contributed by atoms with Crippen LogP contribution in [-0.2, 0) is 33.2 Å². The van der Waals surface area contributed by atoms with Crippen LogP contribution in [0.1, 0.15) is 194 Å². The average Bonchev–Trinajstić information content (AvgIpc) is 3.43. The van der Waals surface area contributed by atoms with Gasteiger partial charge in [0.2, 0.25) is 0 Å². The van der Waals surface area contributed by atoms with Crippen molar-refractivity contribution < 1.29 is 69.0 Å². The van der Waals surface area contributed by atoms with Gasteiger partial charge in [-0.25, -0.2) is 0 Å². The summed E-state index contributed by atoms with van der Waals surface area (Å²) in [5.41, 5.74) is 0. The fourth-order valence-corrected chi connectivity index (χ4v) is 8.80. The summed E-state index contributed by atoms with van der Waals surface area (Å²) in [6, 6.07) is 0. The Labute approximate surface area is 464 Å². The fourth-order valence-electron chi connectivity index (χ4n) is 8.80. The molecule has 442 valence electrons. The highest BCUT2D eigenvalue weighted by molar-refractivity contribution is 5.69. The molecule has 0 aromatic rings. The van der Waals surface area contributed by atoms with Crippen molar-refractivity contribution in [3.63, 3.8) is 0 Å². The van der Waals surface area contributed by atoms with Gasteiger partial charge >= 0.3 is 5.97 Å². The van der Waals surface area contributed by atoms with E-state index in [1.165, 1.54) is 96.3 Å². The largest absolute Gasteiger partial charge is 0.457 e. The molecule has 11 atom stereocenters. The molecular formula is C63H106O14. The summed E-state index contributed by atoms with van der Waals surface area (Å²) >= 11 is 0. The summed E-state index contributed by atoms with van der Waals surface area (Å²) in [5.74, 6) is -0.436. The maximum atomic E-state index is 13.1. The van der Waals surface area contributed by atoms with E-state index in [1.54, 1.807) is 0 Å². The summed E-state index contributed by atoms with van der Waals surface area (Å²) in [6.07, 6.45) is 49.0. The van der Waals surface area contributed by atoms with E-state index in [0.717, 1.165) is 64.2 Å². The van der Waals surface area contributed by atoms with Crippen molar-refractivity contribution in [2.45, 2.75) is 261 Å². The van der Waals surface area contributed by atoms with Gasteiger partial charge in [-0.2, -0.15) is 0 Å². The highest BCUT2D eigenvalue weighted by Crippen LogP contribution is 2.26. The molecule has 2 rings (SSSR count). The van der Waals surface area contributed by atoms with Crippen LogP contribution in [0.4, 0.5) is 0 Å². The van der Waals surface area contributed by atoms with Crippen molar-refractivity contribution in [3.05, 3.63) is 97.2 Å². The first-order valence-corrected chi connectivity index (χ1v) is 29.8. The van der Waals surface area contributed by atoms with Gasteiger partial charge in [-0.05, 0) is 89.9 Å². The first-order valence-electron chi connectivity index (χ1n) is 29.8. The zero-order valence-corrected chi connectivity index (χ0v) is 47.4. The Hall–Kier alpha value is -3.09. The number of rotatable bonds is 47. The smallest absolute Gasteiger partial charge is 0.306 e.